The van der Waals surface area contributed by atoms with Crippen LogP contribution in [-0.4, -0.2) is 21.2 Å². The van der Waals surface area contributed by atoms with Crippen LogP contribution in [-0.2, 0) is 0 Å². The largest absolute Gasteiger partial charge is 0.310 e. The summed E-state index contributed by atoms with van der Waals surface area (Å²) in [7, 11) is 0. The molecular weight excluding hydrogens is 1140 g/mol. The van der Waals surface area contributed by atoms with Crippen molar-refractivity contribution in [2.45, 2.75) is 0 Å². The third-order valence-electron chi connectivity index (χ3n) is 19.1. The van der Waals surface area contributed by atoms with E-state index in [9.17, 15) is 0 Å². The van der Waals surface area contributed by atoms with E-state index in [2.05, 4.69) is 354 Å². The molecule has 18 rings (SSSR count). The molecule has 2 aliphatic rings. The molecule has 0 bridgehead atoms. The van der Waals surface area contributed by atoms with Gasteiger partial charge in [0.05, 0.1) is 39.5 Å². The van der Waals surface area contributed by atoms with Crippen molar-refractivity contribution < 1.29 is 0 Å². The monoisotopic (exact) mass is 1200 g/mol. The van der Waals surface area contributed by atoms with Crippen LogP contribution in [0.3, 0.4) is 0 Å². The third-order valence-corrected chi connectivity index (χ3v) is 19.1. The van der Waals surface area contributed by atoms with Gasteiger partial charge in [-0.25, -0.2) is 0 Å². The molecule has 0 unspecified atom stereocenters. The van der Waals surface area contributed by atoms with Crippen molar-refractivity contribution in [3.05, 3.63) is 352 Å². The number of rotatable bonds is 11. The molecule has 0 N–H and O–H groups in total. The van der Waals surface area contributed by atoms with Crippen molar-refractivity contribution in [1.82, 2.24) is 14.5 Å². The van der Waals surface area contributed by atoms with E-state index in [4.69, 9.17) is 9.97 Å². The number of fused-ring (bicyclic) bond motifs is 7. The van der Waals surface area contributed by atoms with E-state index in [0.717, 1.165) is 140 Å². The fourth-order valence-electron chi connectivity index (χ4n) is 14.8. The summed E-state index contributed by atoms with van der Waals surface area (Å²) in [6, 6.07) is 124. The van der Waals surface area contributed by atoms with Crippen LogP contribution < -0.4 is 26.2 Å². The maximum Gasteiger partial charge on any atom is 0.252 e. The minimum atomic E-state index is -0.296. The predicted octanol–water partition coefficient (Wildman–Crippen LogP) is 21.0. The molecule has 3 aromatic heterocycles. The fourth-order valence-corrected chi connectivity index (χ4v) is 14.8. The van der Waals surface area contributed by atoms with Gasteiger partial charge in [0.2, 0.25) is 0 Å². The molecule has 94 heavy (non-hydrogen) atoms. The van der Waals surface area contributed by atoms with Gasteiger partial charge in [0.15, 0.2) is 0 Å². The van der Waals surface area contributed by atoms with Gasteiger partial charge in [-0.2, -0.15) is 0 Å². The number of hydrogen-bond acceptors (Lipinski definition) is 4. The van der Waals surface area contributed by atoms with Gasteiger partial charge in [0.25, 0.3) is 6.71 Å². The summed E-state index contributed by atoms with van der Waals surface area (Å²) in [6.07, 6.45) is 4.10. The van der Waals surface area contributed by atoms with Crippen molar-refractivity contribution in [2.24, 2.45) is 0 Å². The summed E-state index contributed by atoms with van der Waals surface area (Å²) < 4.78 is 2.50. The zero-order chi connectivity index (χ0) is 62.1. The van der Waals surface area contributed by atoms with E-state index in [-0.39, 0.29) is 6.71 Å². The minimum absolute atomic E-state index is 0.296. The van der Waals surface area contributed by atoms with Gasteiger partial charge in [-0.1, -0.05) is 291 Å². The van der Waals surface area contributed by atoms with Gasteiger partial charge >= 0.3 is 0 Å². The Kier molecular flexibility index (Phi) is 13.3. The van der Waals surface area contributed by atoms with Crippen LogP contribution in [0.1, 0.15) is 0 Å². The summed E-state index contributed by atoms with van der Waals surface area (Å²) in [4.78, 5) is 15.6. The summed E-state index contributed by atoms with van der Waals surface area (Å²) >= 11 is 0. The molecule has 5 nitrogen and oxygen atoms in total. The molecule has 5 heterocycles. The van der Waals surface area contributed by atoms with Gasteiger partial charge in [-0.05, 0) is 98.3 Å². The van der Waals surface area contributed by atoms with Gasteiger partial charge in [-0.3, -0.25) is 9.97 Å². The predicted molar refractivity (Wildman–Crippen MR) is 394 cm³/mol. The summed E-state index contributed by atoms with van der Waals surface area (Å²) in [5.41, 5.74) is 30.7. The number of para-hydroxylation sites is 4. The molecule has 0 saturated heterocycles. The molecule has 0 atom stereocenters. The lowest BCUT2D eigenvalue weighted by Gasteiger charge is -2.46. The lowest BCUT2D eigenvalue weighted by molar-refractivity contribution is 1.16. The summed E-state index contributed by atoms with van der Waals surface area (Å²) in [5.74, 6) is 0. The molecule has 16 aromatic rings. The second kappa shape index (κ2) is 22.8. The third kappa shape index (κ3) is 9.17. The Morgan fingerprint density at radius 3 is 0.926 bits per heavy atom. The Morgan fingerprint density at radius 2 is 0.574 bits per heavy atom. The molecule has 2 aliphatic heterocycles. The van der Waals surface area contributed by atoms with E-state index in [1.165, 1.54) is 27.2 Å². The first kappa shape index (κ1) is 54.5. The number of nitrogens with zero attached hydrogens (tertiary/aromatic N) is 5. The zero-order valence-electron chi connectivity index (χ0n) is 51.3. The van der Waals surface area contributed by atoms with Gasteiger partial charge in [0.1, 0.15) is 0 Å². The number of pyridine rings is 2. The second-order valence-electron chi connectivity index (χ2n) is 24.4. The quantitative estimate of drug-likeness (QED) is 0.121. The van der Waals surface area contributed by atoms with Crippen LogP contribution in [0.25, 0.3) is 117 Å². The number of hydrogen-bond donors (Lipinski definition) is 0. The number of benzene rings is 13. The van der Waals surface area contributed by atoms with E-state index < -0.39 is 0 Å². The first-order valence-corrected chi connectivity index (χ1v) is 32.2. The average molecular weight is 1200 g/mol. The minimum Gasteiger partial charge on any atom is -0.310 e. The Labute approximate surface area is 547 Å². The molecule has 0 spiro atoms. The first-order valence-electron chi connectivity index (χ1n) is 32.2. The molecule has 0 fully saturated rings. The normalized spacial score (nSPS) is 12.2. The number of anilines is 6. The van der Waals surface area contributed by atoms with Gasteiger partial charge in [-0.15, -0.1) is 0 Å². The number of aromatic nitrogens is 3. The van der Waals surface area contributed by atoms with Crippen molar-refractivity contribution in [2.75, 3.05) is 9.80 Å². The van der Waals surface area contributed by atoms with Crippen LogP contribution in [0.5, 0.6) is 0 Å². The maximum atomic E-state index is 5.16. The highest BCUT2D eigenvalue weighted by Crippen LogP contribution is 2.54. The van der Waals surface area contributed by atoms with Crippen LogP contribution in [0.15, 0.2) is 352 Å². The van der Waals surface area contributed by atoms with E-state index in [1.807, 2.05) is 12.4 Å². The molecule has 0 saturated carbocycles. The molecule has 6 heteroatoms. The SMILES string of the molecule is c1ccc(-c2ccc(-c3ccc4c(c3)B3c5cc(-c6ccc(-c7ccccc7)nc6)ccc5N(c5c(-c6ccccc6)cccc5-c5ccccc5)c5cc(-n6c7ccccc7c7ccccc76)cc(c53)N4c3c(-c4ccccc4)cccc3-c3ccccc3)cn2)cc1. The van der Waals surface area contributed by atoms with E-state index in [0.29, 0.717) is 0 Å². The molecule has 0 amide bonds. The highest BCUT2D eigenvalue weighted by atomic mass is 15.2. The van der Waals surface area contributed by atoms with Crippen LogP contribution in [0.4, 0.5) is 34.1 Å². The molecule has 0 aliphatic carbocycles. The van der Waals surface area contributed by atoms with Crippen LogP contribution in [0, 0.1) is 0 Å². The standard InChI is InChI=1S/C88H58BN5/c1-7-25-59(26-8-1)70-39-23-40-71(60-27-9-2-10-28-60)87(70)93-82-51-47-65(67-45-49-78(90-57-67)63-33-15-5-16-34-63)53-76(82)89-77-54-66(68-46-50-79(91-58-68)64-35-17-6-18-36-64)48-52-83(77)94(88-72(61-29-11-3-12-30-61)41-24-42-73(88)62-31-13-4-14-32-62)85-56-69(55-84(93)86(85)89)92-80-43-21-19-37-74(80)75-38-20-22-44-81(75)92/h1-58H. The molecule has 13 aromatic carbocycles. The second-order valence-corrected chi connectivity index (χ2v) is 24.4. The van der Waals surface area contributed by atoms with Crippen LogP contribution >= 0.6 is 0 Å². The summed E-state index contributed by atoms with van der Waals surface area (Å²) in [6.45, 7) is -0.296. The smallest absolute Gasteiger partial charge is 0.252 e. The van der Waals surface area contributed by atoms with Crippen molar-refractivity contribution in [1.29, 1.82) is 0 Å². The lowest BCUT2D eigenvalue weighted by Crippen LogP contribution is -2.61. The zero-order valence-corrected chi connectivity index (χ0v) is 51.3. The van der Waals surface area contributed by atoms with Crippen molar-refractivity contribution in [3.63, 3.8) is 0 Å². The molecule has 438 valence electrons. The Hall–Kier alpha value is -12.4. The maximum absolute atomic E-state index is 5.16. The summed E-state index contributed by atoms with van der Waals surface area (Å²) in [5, 5.41) is 2.40. The molecule has 0 radical (unpaired) electrons. The highest BCUT2D eigenvalue weighted by Gasteiger charge is 2.46. The lowest BCUT2D eigenvalue weighted by atomic mass is 9.33. The van der Waals surface area contributed by atoms with Gasteiger partial charge in [0, 0.05) is 90.4 Å². The van der Waals surface area contributed by atoms with E-state index in [1.54, 1.807) is 0 Å². The topological polar surface area (TPSA) is 37.2 Å². The highest BCUT2D eigenvalue weighted by molar-refractivity contribution is 7.00. The Balaban J connectivity index is 1.00. The van der Waals surface area contributed by atoms with Gasteiger partial charge < -0.3 is 14.4 Å². The fraction of sp³-hybridized carbons (Fsp3) is 0. The van der Waals surface area contributed by atoms with Crippen molar-refractivity contribution >= 4 is 79.0 Å². The Bertz CT molecular complexity index is 5070. The average Bonchev–Trinajstić information content (AvgIpc) is 0.775. The van der Waals surface area contributed by atoms with Crippen molar-refractivity contribution in [3.8, 4) is 95.0 Å². The van der Waals surface area contributed by atoms with E-state index >= 15 is 0 Å². The molecular formula is C88H58BN5. The first-order chi connectivity index (χ1) is 46.7. The Morgan fingerprint density at radius 1 is 0.245 bits per heavy atom. The van der Waals surface area contributed by atoms with Crippen LogP contribution in [0.2, 0.25) is 0 Å².